The lowest BCUT2D eigenvalue weighted by molar-refractivity contribution is 0.673. The summed E-state index contributed by atoms with van der Waals surface area (Å²) in [4.78, 5) is 0. The topological polar surface area (TPSA) is 23.0 Å². The smallest absolute Gasteiger partial charge is 0.161 e. The Balaban J connectivity index is 1.22. The van der Waals surface area contributed by atoms with Crippen molar-refractivity contribution in [3.8, 4) is 33.6 Å². The molecular formula is C44H28N2O. The minimum absolute atomic E-state index is 0.884. The summed E-state index contributed by atoms with van der Waals surface area (Å²) in [5.74, 6) is 0. The van der Waals surface area contributed by atoms with Crippen LogP contribution in [-0.4, -0.2) is 9.13 Å². The van der Waals surface area contributed by atoms with Crippen LogP contribution in [0.25, 0.3) is 88.4 Å². The minimum Gasteiger partial charge on any atom is -0.454 e. The van der Waals surface area contributed by atoms with Crippen LogP contribution in [-0.2, 0) is 0 Å². The molecule has 0 spiro atoms. The van der Waals surface area contributed by atoms with Gasteiger partial charge in [0.05, 0.1) is 16.6 Å². The van der Waals surface area contributed by atoms with Crippen LogP contribution in [0.1, 0.15) is 0 Å². The molecule has 0 saturated heterocycles. The highest BCUT2D eigenvalue weighted by molar-refractivity contribution is 6.17. The van der Waals surface area contributed by atoms with E-state index >= 15 is 0 Å². The van der Waals surface area contributed by atoms with E-state index in [1.807, 2.05) is 0 Å². The molecule has 0 aliphatic carbocycles. The fourth-order valence-corrected chi connectivity index (χ4v) is 7.53. The van der Waals surface area contributed by atoms with Gasteiger partial charge in [-0.2, -0.15) is 0 Å². The monoisotopic (exact) mass is 600 g/mol. The zero-order valence-corrected chi connectivity index (χ0v) is 25.5. The van der Waals surface area contributed by atoms with Crippen LogP contribution < -0.4 is 0 Å². The van der Waals surface area contributed by atoms with E-state index in [9.17, 15) is 0 Å². The van der Waals surface area contributed by atoms with Gasteiger partial charge in [0.15, 0.2) is 5.58 Å². The number of hydrogen-bond acceptors (Lipinski definition) is 1. The van der Waals surface area contributed by atoms with Crippen LogP contribution in [0.3, 0.4) is 0 Å². The van der Waals surface area contributed by atoms with E-state index in [1.165, 1.54) is 38.5 Å². The van der Waals surface area contributed by atoms with Gasteiger partial charge < -0.3 is 13.6 Å². The van der Waals surface area contributed by atoms with Gasteiger partial charge in [0.1, 0.15) is 11.1 Å². The molecule has 7 aromatic carbocycles. The highest BCUT2D eigenvalue weighted by atomic mass is 16.3. The van der Waals surface area contributed by atoms with E-state index in [-0.39, 0.29) is 0 Å². The number of aromatic nitrogens is 2. The first-order valence-electron chi connectivity index (χ1n) is 16.0. The number of benzene rings is 7. The molecule has 0 N–H and O–H groups in total. The van der Waals surface area contributed by atoms with Crippen molar-refractivity contribution in [2.75, 3.05) is 0 Å². The SMILES string of the molecule is c1ccc(-n2c3ccccc3c3cccc(-c4ccccc4-c4ccc5c(c4)oc4c6ccccc6n(-c6ccccc6)c54)c32)cc1. The normalized spacial score (nSPS) is 11.8. The van der Waals surface area contributed by atoms with E-state index in [2.05, 4.69) is 179 Å². The van der Waals surface area contributed by atoms with Crippen molar-refractivity contribution in [3.63, 3.8) is 0 Å². The Morgan fingerprint density at radius 1 is 0.362 bits per heavy atom. The predicted molar refractivity (Wildman–Crippen MR) is 196 cm³/mol. The van der Waals surface area contributed by atoms with Crippen molar-refractivity contribution in [2.45, 2.75) is 0 Å². The van der Waals surface area contributed by atoms with E-state index in [4.69, 9.17) is 4.42 Å². The molecule has 0 amide bonds. The third-order valence-corrected chi connectivity index (χ3v) is 9.53. The molecule has 10 aromatic rings. The van der Waals surface area contributed by atoms with Crippen molar-refractivity contribution < 1.29 is 4.42 Å². The van der Waals surface area contributed by atoms with E-state index in [0.29, 0.717) is 0 Å². The quantitative estimate of drug-likeness (QED) is 0.197. The average molecular weight is 601 g/mol. The van der Waals surface area contributed by atoms with Crippen molar-refractivity contribution in [1.29, 1.82) is 0 Å². The minimum atomic E-state index is 0.884. The van der Waals surface area contributed by atoms with Gasteiger partial charge in [-0.3, -0.25) is 0 Å². The van der Waals surface area contributed by atoms with Crippen molar-refractivity contribution >= 4 is 54.8 Å². The lowest BCUT2D eigenvalue weighted by Crippen LogP contribution is -1.96. The number of fused-ring (bicyclic) bond motifs is 8. The van der Waals surface area contributed by atoms with Gasteiger partial charge in [-0.25, -0.2) is 0 Å². The second-order valence-corrected chi connectivity index (χ2v) is 12.1. The first kappa shape index (κ1) is 26.0. The highest BCUT2D eigenvalue weighted by Gasteiger charge is 2.21. The Kier molecular flexibility index (Phi) is 5.57. The predicted octanol–water partition coefficient (Wildman–Crippen LogP) is 12.0. The first-order chi connectivity index (χ1) is 23.3. The van der Waals surface area contributed by atoms with Crippen LogP contribution in [0, 0.1) is 0 Å². The molecular weight excluding hydrogens is 572 g/mol. The molecule has 3 heterocycles. The highest BCUT2D eigenvalue weighted by Crippen LogP contribution is 2.43. The first-order valence-corrected chi connectivity index (χ1v) is 16.0. The van der Waals surface area contributed by atoms with Crippen molar-refractivity contribution in [3.05, 3.63) is 170 Å². The van der Waals surface area contributed by atoms with Crippen LogP contribution in [0.2, 0.25) is 0 Å². The largest absolute Gasteiger partial charge is 0.454 e. The molecule has 47 heavy (non-hydrogen) atoms. The van der Waals surface area contributed by atoms with Gasteiger partial charge >= 0.3 is 0 Å². The Morgan fingerprint density at radius 2 is 0.915 bits per heavy atom. The van der Waals surface area contributed by atoms with Gasteiger partial charge in [0.25, 0.3) is 0 Å². The van der Waals surface area contributed by atoms with Gasteiger partial charge in [0, 0.05) is 38.5 Å². The fourth-order valence-electron chi connectivity index (χ4n) is 7.53. The lowest BCUT2D eigenvalue weighted by atomic mass is 9.93. The van der Waals surface area contributed by atoms with Crippen LogP contribution >= 0.6 is 0 Å². The van der Waals surface area contributed by atoms with E-state index in [0.717, 1.165) is 49.9 Å². The summed E-state index contributed by atoms with van der Waals surface area (Å²) in [5, 5.41) is 4.72. The summed E-state index contributed by atoms with van der Waals surface area (Å²) >= 11 is 0. The molecule has 3 nitrogen and oxygen atoms in total. The summed E-state index contributed by atoms with van der Waals surface area (Å²) in [6.07, 6.45) is 0. The summed E-state index contributed by atoms with van der Waals surface area (Å²) in [6.45, 7) is 0. The third kappa shape index (κ3) is 3.81. The summed E-state index contributed by atoms with van der Waals surface area (Å²) in [5.41, 5.74) is 13.4. The molecule has 3 aromatic heterocycles. The third-order valence-electron chi connectivity index (χ3n) is 9.53. The summed E-state index contributed by atoms with van der Waals surface area (Å²) in [6, 6.07) is 60.6. The molecule has 0 aliphatic heterocycles. The molecule has 0 aliphatic rings. The van der Waals surface area contributed by atoms with Crippen molar-refractivity contribution in [1.82, 2.24) is 9.13 Å². The zero-order chi connectivity index (χ0) is 30.9. The summed E-state index contributed by atoms with van der Waals surface area (Å²) < 4.78 is 11.5. The van der Waals surface area contributed by atoms with Crippen LogP contribution in [0.15, 0.2) is 174 Å². The Labute approximate surface area is 271 Å². The number of para-hydroxylation sites is 5. The maximum atomic E-state index is 6.74. The standard InChI is InChI=1S/C44H28N2O/c1-3-14-30(15-4-1)45-39-24-11-9-20-34(39)36-23-13-22-35(42(36)45)33-19-8-7-18-32(33)29-26-27-38-41(28-29)47-44-37-21-10-12-25-40(37)46(43(38)44)31-16-5-2-6-17-31/h1-28H. The fraction of sp³-hybridized carbons (Fsp3) is 0. The number of furan rings is 1. The molecule has 0 atom stereocenters. The van der Waals surface area contributed by atoms with Gasteiger partial charge in [-0.05, 0) is 71.3 Å². The zero-order valence-electron chi connectivity index (χ0n) is 25.5. The molecule has 3 heteroatoms. The maximum absolute atomic E-state index is 6.74. The van der Waals surface area contributed by atoms with Gasteiger partial charge in [0.2, 0.25) is 0 Å². The van der Waals surface area contributed by atoms with Gasteiger partial charge in [-0.15, -0.1) is 0 Å². The second kappa shape index (κ2) is 10.1. The number of nitrogens with zero attached hydrogens (tertiary/aromatic N) is 2. The van der Waals surface area contributed by atoms with Crippen LogP contribution in [0.5, 0.6) is 0 Å². The Bertz CT molecular complexity index is 2780. The Hall–Kier alpha value is -6.32. The number of hydrogen-bond donors (Lipinski definition) is 0. The molecule has 0 radical (unpaired) electrons. The molecule has 0 unspecified atom stereocenters. The second-order valence-electron chi connectivity index (χ2n) is 12.1. The van der Waals surface area contributed by atoms with E-state index in [1.54, 1.807) is 0 Å². The maximum Gasteiger partial charge on any atom is 0.161 e. The van der Waals surface area contributed by atoms with Crippen molar-refractivity contribution in [2.24, 2.45) is 0 Å². The van der Waals surface area contributed by atoms with E-state index < -0.39 is 0 Å². The molecule has 10 rings (SSSR count). The van der Waals surface area contributed by atoms with Gasteiger partial charge in [-0.1, -0.05) is 115 Å². The molecule has 0 saturated carbocycles. The summed E-state index contributed by atoms with van der Waals surface area (Å²) in [7, 11) is 0. The van der Waals surface area contributed by atoms with Crippen LogP contribution in [0.4, 0.5) is 0 Å². The lowest BCUT2D eigenvalue weighted by Gasteiger charge is -2.15. The number of rotatable bonds is 4. The Morgan fingerprint density at radius 3 is 1.66 bits per heavy atom. The molecule has 220 valence electrons. The molecule has 0 fully saturated rings. The molecule has 0 bridgehead atoms. The average Bonchev–Trinajstić information content (AvgIpc) is 3.79.